The van der Waals surface area contributed by atoms with Gasteiger partial charge in [-0.1, -0.05) is 0 Å². The zero-order chi connectivity index (χ0) is 15.9. The molecule has 122 valence electrons. The maximum absolute atomic E-state index is 11.8. The normalized spacial score (nSPS) is 14.5. The Morgan fingerprint density at radius 2 is 2.09 bits per heavy atom. The van der Waals surface area contributed by atoms with Crippen LogP contribution in [0.15, 0.2) is 12.1 Å². The highest BCUT2D eigenvalue weighted by Crippen LogP contribution is 2.21. The van der Waals surface area contributed by atoms with Gasteiger partial charge in [0.1, 0.15) is 5.82 Å². The molecule has 2 N–H and O–H groups in total. The third kappa shape index (κ3) is 4.87. The highest BCUT2D eigenvalue weighted by atomic mass is 16.5. The van der Waals surface area contributed by atoms with Gasteiger partial charge in [-0.05, 0) is 45.7 Å². The van der Waals surface area contributed by atoms with Gasteiger partial charge >= 0.3 is 6.03 Å². The number of aryl methyl sites for hydroxylation is 1. The van der Waals surface area contributed by atoms with Crippen LogP contribution in [0.5, 0.6) is 0 Å². The van der Waals surface area contributed by atoms with E-state index in [0.29, 0.717) is 13.2 Å². The number of aromatic nitrogens is 1. The molecule has 2 amide bonds. The molecule has 0 radical (unpaired) electrons. The lowest BCUT2D eigenvalue weighted by Gasteiger charge is -2.18. The Kier molecular flexibility index (Phi) is 6.00. The van der Waals surface area contributed by atoms with Crippen LogP contribution in [0.4, 0.5) is 16.3 Å². The number of carbonyl (C=O) groups excluding carboxylic acids is 1. The molecule has 0 unspecified atom stereocenters. The molecule has 0 atom stereocenters. The molecule has 2 heterocycles. The topological polar surface area (TPSA) is 66.5 Å². The fraction of sp³-hybridized carbons (Fsp3) is 0.625. The van der Waals surface area contributed by atoms with Crippen LogP contribution in [-0.2, 0) is 4.74 Å². The summed E-state index contributed by atoms with van der Waals surface area (Å²) in [6.07, 6.45) is 2.62. The molecule has 1 fully saturated rings. The van der Waals surface area contributed by atoms with Gasteiger partial charge in [0.25, 0.3) is 0 Å². The van der Waals surface area contributed by atoms with E-state index in [2.05, 4.69) is 20.5 Å². The lowest BCUT2D eigenvalue weighted by Crippen LogP contribution is -2.32. The molecule has 0 saturated carbocycles. The van der Waals surface area contributed by atoms with E-state index in [-0.39, 0.29) is 12.1 Å². The average Bonchev–Trinajstić information content (AvgIpc) is 3.00. The van der Waals surface area contributed by atoms with E-state index in [1.807, 2.05) is 32.9 Å². The maximum Gasteiger partial charge on any atom is 0.319 e. The third-order valence-electron chi connectivity index (χ3n) is 3.59. The van der Waals surface area contributed by atoms with Gasteiger partial charge in [-0.2, -0.15) is 0 Å². The summed E-state index contributed by atoms with van der Waals surface area (Å²) in [6.45, 7) is 8.98. The predicted octanol–water partition coefficient (Wildman–Crippen LogP) is 2.54. The Morgan fingerprint density at radius 3 is 2.73 bits per heavy atom. The second-order valence-electron chi connectivity index (χ2n) is 5.80. The number of anilines is 2. The van der Waals surface area contributed by atoms with Gasteiger partial charge in [-0.15, -0.1) is 0 Å². The van der Waals surface area contributed by atoms with Crippen LogP contribution in [0.1, 0.15) is 32.4 Å². The highest BCUT2D eigenvalue weighted by Gasteiger charge is 2.14. The first-order valence-electron chi connectivity index (χ1n) is 7.95. The van der Waals surface area contributed by atoms with Crippen molar-refractivity contribution >= 4 is 17.5 Å². The number of nitrogens with one attached hydrogen (secondary N) is 2. The quantitative estimate of drug-likeness (QED) is 0.793. The van der Waals surface area contributed by atoms with Gasteiger partial charge in [0, 0.05) is 19.6 Å². The first-order chi connectivity index (χ1) is 10.6. The van der Waals surface area contributed by atoms with Crippen molar-refractivity contribution in [3.63, 3.8) is 0 Å². The molecule has 1 aliphatic rings. The van der Waals surface area contributed by atoms with Crippen LogP contribution in [0.25, 0.3) is 0 Å². The minimum atomic E-state index is -0.230. The van der Waals surface area contributed by atoms with Crippen molar-refractivity contribution < 1.29 is 9.53 Å². The van der Waals surface area contributed by atoms with E-state index in [4.69, 9.17) is 4.74 Å². The van der Waals surface area contributed by atoms with Gasteiger partial charge in [0.15, 0.2) is 0 Å². The van der Waals surface area contributed by atoms with Crippen molar-refractivity contribution in [2.75, 3.05) is 36.5 Å². The minimum Gasteiger partial charge on any atom is -0.377 e. The SMILES string of the molecule is Cc1nc(N2CCCC2)ccc1NC(=O)NCCOC(C)C. The molecule has 1 aromatic rings. The largest absolute Gasteiger partial charge is 0.377 e. The lowest BCUT2D eigenvalue weighted by molar-refractivity contribution is 0.0820. The molecule has 6 heteroatoms. The molecular weight excluding hydrogens is 280 g/mol. The summed E-state index contributed by atoms with van der Waals surface area (Å²) < 4.78 is 5.38. The molecule has 1 aliphatic heterocycles. The van der Waals surface area contributed by atoms with Crippen LogP contribution in [0.2, 0.25) is 0 Å². The first-order valence-corrected chi connectivity index (χ1v) is 7.95. The summed E-state index contributed by atoms with van der Waals surface area (Å²) in [5.74, 6) is 0.992. The monoisotopic (exact) mass is 306 g/mol. The summed E-state index contributed by atoms with van der Waals surface area (Å²) >= 11 is 0. The zero-order valence-electron chi connectivity index (χ0n) is 13.7. The second-order valence-corrected chi connectivity index (χ2v) is 5.80. The van der Waals surface area contributed by atoms with Gasteiger partial charge in [0.05, 0.1) is 24.1 Å². The number of hydrogen-bond donors (Lipinski definition) is 2. The highest BCUT2D eigenvalue weighted by molar-refractivity contribution is 5.89. The number of amides is 2. The minimum absolute atomic E-state index is 0.175. The van der Waals surface area contributed by atoms with Gasteiger partial charge in [0.2, 0.25) is 0 Å². The summed E-state index contributed by atoms with van der Waals surface area (Å²) in [6, 6.07) is 3.65. The third-order valence-corrected chi connectivity index (χ3v) is 3.59. The molecule has 6 nitrogen and oxygen atoms in total. The molecule has 22 heavy (non-hydrogen) atoms. The van der Waals surface area contributed by atoms with Crippen LogP contribution < -0.4 is 15.5 Å². The molecule has 0 aromatic carbocycles. The Hall–Kier alpha value is -1.82. The number of rotatable bonds is 6. The van der Waals surface area contributed by atoms with E-state index in [0.717, 1.165) is 30.3 Å². The molecule has 0 aliphatic carbocycles. The van der Waals surface area contributed by atoms with Crippen molar-refractivity contribution in [3.05, 3.63) is 17.8 Å². The Labute approximate surface area is 132 Å². The smallest absolute Gasteiger partial charge is 0.319 e. The van der Waals surface area contributed by atoms with Crippen molar-refractivity contribution in [2.24, 2.45) is 0 Å². The number of carbonyl (C=O) groups is 1. The van der Waals surface area contributed by atoms with Crippen molar-refractivity contribution in [1.29, 1.82) is 0 Å². The van der Waals surface area contributed by atoms with Gasteiger partial charge in [-0.25, -0.2) is 9.78 Å². The standard InChI is InChI=1S/C16H26N4O2/c1-12(2)22-11-8-17-16(21)19-14-6-7-15(18-13(14)3)20-9-4-5-10-20/h6-7,12H,4-5,8-11H2,1-3H3,(H2,17,19,21). The number of ether oxygens (including phenoxy) is 1. The lowest BCUT2D eigenvalue weighted by atomic mass is 10.3. The van der Waals surface area contributed by atoms with Crippen LogP contribution in [-0.4, -0.2) is 43.4 Å². The van der Waals surface area contributed by atoms with Gasteiger partial charge in [-0.3, -0.25) is 0 Å². The molecule has 2 rings (SSSR count). The summed E-state index contributed by atoms with van der Waals surface area (Å²) in [5.41, 5.74) is 1.57. The molecular formula is C16H26N4O2. The molecule has 1 saturated heterocycles. The number of nitrogens with zero attached hydrogens (tertiary/aromatic N) is 2. The predicted molar refractivity (Wildman–Crippen MR) is 88.5 cm³/mol. The fourth-order valence-electron chi connectivity index (χ4n) is 2.43. The van der Waals surface area contributed by atoms with E-state index in [9.17, 15) is 4.79 Å². The number of urea groups is 1. The summed E-state index contributed by atoms with van der Waals surface area (Å²) in [7, 11) is 0. The van der Waals surface area contributed by atoms with E-state index in [1.165, 1.54) is 12.8 Å². The van der Waals surface area contributed by atoms with Crippen molar-refractivity contribution in [1.82, 2.24) is 10.3 Å². The van der Waals surface area contributed by atoms with Crippen LogP contribution >= 0.6 is 0 Å². The number of pyridine rings is 1. The van der Waals surface area contributed by atoms with Crippen molar-refractivity contribution in [3.8, 4) is 0 Å². The molecule has 0 spiro atoms. The summed E-state index contributed by atoms with van der Waals surface area (Å²) in [5, 5.41) is 5.60. The Balaban J connectivity index is 1.83. The maximum atomic E-state index is 11.8. The summed E-state index contributed by atoms with van der Waals surface area (Å²) in [4.78, 5) is 18.7. The molecule has 1 aromatic heterocycles. The van der Waals surface area contributed by atoms with Gasteiger partial charge < -0.3 is 20.3 Å². The Morgan fingerprint density at radius 1 is 1.36 bits per heavy atom. The average molecular weight is 306 g/mol. The van der Waals surface area contributed by atoms with E-state index < -0.39 is 0 Å². The van der Waals surface area contributed by atoms with E-state index >= 15 is 0 Å². The fourth-order valence-corrected chi connectivity index (χ4v) is 2.43. The first kappa shape index (κ1) is 16.5. The molecule has 0 bridgehead atoms. The van der Waals surface area contributed by atoms with Crippen LogP contribution in [0.3, 0.4) is 0 Å². The van der Waals surface area contributed by atoms with Crippen LogP contribution in [0, 0.1) is 6.92 Å². The Bertz CT molecular complexity index is 499. The zero-order valence-corrected chi connectivity index (χ0v) is 13.7. The van der Waals surface area contributed by atoms with E-state index in [1.54, 1.807) is 0 Å². The second kappa shape index (κ2) is 7.98. The van der Waals surface area contributed by atoms with Crippen molar-refractivity contribution in [2.45, 2.75) is 39.7 Å². The number of hydrogen-bond acceptors (Lipinski definition) is 4.